The van der Waals surface area contributed by atoms with Gasteiger partial charge >= 0.3 is 0 Å². The van der Waals surface area contributed by atoms with Crippen LogP contribution in [0.15, 0.2) is 36.0 Å². The average Bonchev–Trinajstić information content (AvgIpc) is 3.20. The van der Waals surface area contributed by atoms with Crippen LogP contribution in [-0.2, 0) is 4.79 Å². The number of thiazole rings is 1. The second kappa shape index (κ2) is 6.04. The molecule has 0 radical (unpaired) electrons. The second-order valence-corrected chi connectivity index (χ2v) is 5.43. The van der Waals surface area contributed by atoms with Crippen LogP contribution >= 0.6 is 22.9 Å². The number of carbonyl (C=O) groups is 2. The Bertz CT molecular complexity index is 849. The van der Waals surface area contributed by atoms with E-state index in [0.717, 1.165) is 4.96 Å². The molecule has 22 heavy (non-hydrogen) atoms. The van der Waals surface area contributed by atoms with E-state index in [4.69, 9.17) is 11.6 Å². The van der Waals surface area contributed by atoms with Crippen LogP contribution in [-0.4, -0.2) is 26.2 Å². The lowest BCUT2D eigenvalue weighted by molar-refractivity contribution is -0.117. The molecule has 2 amide bonds. The van der Waals surface area contributed by atoms with Gasteiger partial charge in [-0.05, 0) is 18.2 Å². The molecule has 0 aliphatic heterocycles. The zero-order chi connectivity index (χ0) is 15.5. The van der Waals surface area contributed by atoms with Crippen LogP contribution < -0.4 is 10.9 Å². The molecule has 0 saturated heterocycles. The summed E-state index contributed by atoms with van der Waals surface area (Å²) >= 11 is 7.45. The van der Waals surface area contributed by atoms with Gasteiger partial charge in [0.1, 0.15) is 5.69 Å². The SMILES string of the molecule is O=C(/C=C/c1c(Cl)nc2sccn12)NNC(=O)c1ccc[nH]1. The monoisotopic (exact) mass is 335 g/mol. The summed E-state index contributed by atoms with van der Waals surface area (Å²) < 4.78 is 1.77. The molecule has 0 atom stereocenters. The number of hydrazine groups is 1. The van der Waals surface area contributed by atoms with Crippen LogP contribution in [0.5, 0.6) is 0 Å². The largest absolute Gasteiger partial charge is 0.357 e. The summed E-state index contributed by atoms with van der Waals surface area (Å²) in [4.78, 5) is 30.9. The second-order valence-electron chi connectivity index (χ2n) is 4.20. The third-order valence-corrected chi connectivity index (χ3v) is 3.82. The number of hydrogen-bond donors (Lipinski definition) is 3. The number of fused-ring (bicyclic) bond motifs is 1. The van der Waals surface area contributed by atoms with Gasteiger partial charge in [-0.1, -0.05) is 11.6 Å². The lowest BCUT2D eigenvalue weighted by atomic mass is 10.4. The Kier molecular flexibility index (Phi) is 3.94. The van der Waals surface area contributed by atoms with Crippen LogP contribution in [0.2, 0.25) is 5.15 Å². The van der Waals surface area contributed by atoms with E-state index in [0.29, 0.717) is 16.5 Å². The van der Waals surface area contributed by atoms with Gasteiger partial charge in [0.15, 0.2) is 10.1 Å². The lowest BCUT2D eigenvalue weighted by Crippen LogP contribution is -2.40. The standard InChI is InChI=1S/C13H10ClN5O2S/c14-11-9(19-6-7-22-13(19)16-11)3-4-10(20)17-18-12(21)8-2-1-5-15-8/h1-7,15H,(H,17,20)(H,18,21)/b4-3+. The summed E-state index contributed by atoms with van der Waals surface area (Å²) in [5.74, 6) is -0.921. The minimum Gasteiger partial charge on any atom is -0.357 e. The first-order valence-electron chi connectivity index (χ1n) is 6.18. The molecule has 0 aliphatic carbocycles. The predicted molar refractivity (Wildman–Crippen MR) is 83.5 cm³/mol. The first kappa shape index (κ1) is 14.4. The van der Waals surface area contributed by atoms with E-state index >= 15 is 0 Å². The van der Waals surface area contributed by atoms with Crippen molar-refractivity contribution in [1.82, 2.24) is 25.2 Å². The highest BCUT2D eigenvalue weighted by atomic mass is 35.5. The molecule has 3 aromatic heterocycles. The first-order chi connectivity index (χ1) is 10.6. The summed E-state index contributed by atoms with van der Waals surface area (Å²) in [6, 6.07) is 3.28. The number of aromatic nitrogens is 3. The zero-order valence-corrected chi connectivity index (χ0v) is 12.6. The third-order valence-electron chi connectivity index (χ3n) is 2.79. The molecule has 9 heteroatoms. The minimum atomic E-state index is -0.485. The highest BCUT2D eigenvalue weighted by molar-refractivity contribution is 7.15. The van der Waals surface area contributed by atoms with Gasteiger partial charge in [-0.3, -0.25) is 24.8 Å². The fraction of sp³-hybridized carbons (Fsp3) is 0. The lowest BCUT2D eigenvalue weighted by Gasteiger charge is -2.03. The Hall–Kier alpha value is -2.58. The van der Waals surface area contributed by atoms with Gasteiger partial charge in [-0.15, -0.1) is 11.3 Å². The number of rotatable bonds is 3. The molecule has 0 aliphatic rings. The van der Waals surface area contributed by atoms with Crippen molar-refractivity contribution in [3.8, 4) is 0 Å². The summed E-state index contributed by atoms with van der Waals surface area (Å²) in [5, 5.41) is 2.18. The van der Waals surface area contributed by atoms with E-state index in [-0.39, 0.29) is 0 Å². The predicted octanol–water partition coefficient (Wildman–Crippen LogP) is 1.85. The van der Waals surface area contributed by atoms with E-state index in [1.807, 2.05) is 11.6 Å². The van der Waals surface area contributed by atoms with E-state index in [1.54, 1.807) is 22.7 Å². The number of hydrogen-bond acceptors (Lipinski definition) is 4. The van der Waals surface area contributed by atoms with Gasteiger partial charge in [0.25, 0.3) is 11.8 Å². The van der Waals surface area contributed by atoms with Crippen molar-refractivity contribution in [3.63, 3.8) is 0 Å². The Morgan fingerprint density at radius 1 is 1.41 bits per heavy atom. The number of halogens is 1. The molecule has 0 spiro atoms. The van der Waals surface area contributed by atoms with Gasteiger partial charge in [0.2, 0.25) is 0 Å². The third kappa shape index (κ3) is 2.87. The Morgan fingerprint density at radius 2 is 2.27 bits per heavy atom. The highest BCUT2D eigenvalue weighted by Crippen LogP contribution is 2.22. The van der Waals surface area contributed by atoms with Gasteiger partial charge in [-0.2, -0.15) is 0 Å². The fourth-order valence-corrected chi connectivity index (χ4v) is 2.78. The Labute approximate surface area is 133 Å². The molecule has 3 heterocycles. The van der Waals surface area contributed by atoms with Gasteiger partial charge in [-0.25, -0.2) is 4.98 Å². The zero-order valence-electron chi connectivity index (χ0n) is 11.0. The maximum absolute atomic E-state index is 11.7. The Morgan fingerprint density at radius 3 is 3.05 bits per heavy atom. The topological polar surface area (TPSA) is 91.3 Å². The van der Waals surface area contributed by atoms with Gasteiger partial charge in [0, 0.05) is 23.8 Å². The first-order valence-corrected chi connectivity index (χ1v) is 7.44. The molecule has 112 valence electrons. The van der Waals surface area contributed by atoms with Crippen LogP contribution in [0, 0.1) is 0 Å². The Balaban J connectivity index is 1.63. The van der Waals surface area contributed by atoms with E-state index in [9.17, 15) is 9.59 Å². The van der Waals surface area contributed by atoms with E-state index in [2.05, 4.69) is 20.8 Å². The maximum Gasteiger partial charge on any atom is 0.286 e. The highest BCUT2D eigenvalue weighted by Gasteiger charge is 2.09. The molecule has 0 fully saturated rings. The molecule has 0 saturated carbocycles. The van der Waals surface area contributed by atoms with Crippen molar-refractivity contribution in [2.75, 3.05) is 0 Å². The number of H-pyrrole nitrogens is 1. The van der Waals surface area contributed by atoms with Crippen molar-refractivity contribution in [2.45, 2.75) is 0 Å². The van der Waals surface area contributed by atoms with Crippen LogP contribution in [0.1, 0.15) is 16.2 Å². The summed E-state index contributed by atoms with van der Waals surface area (Å²) in [6.07, 6.45) is 6.22. The average molecular weight is 336 g/mol. The molecule has 3 aromatic rings. The molecule has 3 N–H and O–H groups in total. The summed E-state index contributed by atoms with van der Waals surface area (Å²) in [7, 11) is 0. The normalized spacial score (nSPS) is 11.1. The van der Waals surface area contributed by atoms with Crippen LogP contribution in [0.4, 0.5) is 0 Å². The van der Waals surface area contributed by atoms with E-state index in [1.165, 1.54) is 23.5 Å². The number of aromatic amines is 1. The van der Waals surface area contributed by atoms with Crippen molar-refractivity contribution in [1.29, 1.82) is 0 Å². The fourth-order valence-electron chi connectivity index (χ4n) is 1.78. The molecule has 0 aromatic carbocycles. The van der Waals surface area contributed by atoms with Gasteiger partial charge < -0.3 is 4.98 Å². The molecule has 0 bridgehead atoms. The molecular weight excluding hydrogens is 326 g/mol. The smallest absolute Gasteiger partial charge is 0.286 e. The number of amides is 2. The van der Waals surface area contributed by atoms with Crippen molar-refractivity contribution in [3.05, 3.63) is 52.5 Å². The van der Waals surface area contributed by atoms with E-state index < -0.39 is 11.8 Å². The number of carbonyl (C=O) groups excluding carboxylic acids is 2. The number of imidazole rings is 1. The van der Waals surface area contributed by atoms with Crippen molar-refractivity contribution in [2.24, 2.45) is 0 Å². The summed E-state index contributed by atoms with van der Waals surface area (Å²) in [5.41, 5.74) is 5.52. The van der Waals surface area contributed by atoms with Crippen LogP contribution in [0.3, 0.4) is 0 Å². The minimum absolute atomic E-state index is 0.311. The van der Waals surface area contributed by atoms with Crippen molar-refractivity contribution >= 4 is 45.8 Å². The molecular formula is C13H10ClN5O2S. The molecule has 3 rings (SSSR count). The van der Waals surface area contributed by atoms with Gasteiger partial charge in [0.05, 0.1) is 5.69 Å². The summed E-state index contributed by atoms with van der Waals surface area (Å²) in [6.45, 7) is 0. The number of nitrogens with one attached hydrogen (secondary N) is 3. The quantitative estimate of drug-likeness (QED) is 0.504. The number of nitrogens with zero attached hydrogens (tertiary/aromatic N) is 2. The van der Waals surface area contributed by atoms with Crippen molar-refractivity contribution < 1.29 is 9.59 Å². The van der Waals surface area contributed by atoms with Crippen LogP contribution in [0.25, 0.3) is 11.0 Å². The molecule has 7 nitrogen and oxygen atoms in total. The maximum atomic E-state index is 11.7. The molecule has 0 unspecified atom stereocenters.